The van der Waals surface area contributed by atoms with Crippen LogP contribution in [0.3, 0.4) is 0 Å². The van der Waals surface area contributed by atoms with Crippen LogP contribution in [0.15, 0.2) is 36.4 Å². The lowest BCUT2D eigenvalue weighted by Gasteiger charge is -2.38. The first-order valence-electron chi connectivity index (χ1n) is 14.5. The fourth-order valence-electron chi connectivity index (χ4n) is 6.58. The lowest BCUT2D eigenvalue weighted by Crippen LogP contribution is -2.43. The second-order valence-electron chi connectivity index (χ2n) is 11.8. The van der Waals surface area contributed by atoms with Crippen LogP contribution in [-0.2, 0) is 5.41 Å². The van der Waals surface area contributed by atoms with Crippen molar-refractivity contribution in [3.05, 3.63) is 42.0 Å². The van der Waals surface area contributed by atoms with E-state index in [1.807, 2.05) is 0 Å². The molecule has 1 aromatic heterocycles. The van der Waals surface area contributed by atoms with Crippen molar-refractivity contribution in [2.75, 3.05) is 47.8 Å². The minimum Gasteiger partial charge on any atom is -0.361 e. The average molecular weight is 521 g/mol. The summed E-state index contributed by atoms with van der Waals surface area (Å²) in [6.07, 6.45) is 11.3. The van der Waals surface area contributed by atoms with Gasteiger partial charge in [0, 0.05) is 44.2 Å². The Hall–Kier alpha value is -2.41. The molecule has 7 heteroatoms. The summed E-state index contributed by atoms with van der Waals surface area (Å²) >= 11 is 5.81. The van der Waals surface area contributed by atoms with E-state index in [2.05, 4.69) is 70.7 Å². The number of hydrogen-bond acceptors (Lipinski definition) is 5. The van der Waals surface area contributed by atoms with Crippen LogP contribution in [0.25, 0.3) is 0 Å². The molecule has 3 heterocycles. The van der Waals surface area contributed by atoms with Gasteiger partial charge in [-0.1, -0.05) is 63.4 Å². The van der Waals surface area contributed by atoms with Gasteiger partial charge in [-0.2, -0.15) is 9.97 Å². The maximum absolute atomic E-state index is 5.81. The van der Waals surface area contributed by atoms with E-state index in [9.17, 15) is 0 Å². The van der Waals surface area contributed by atoms with Crippen LogP contribution in [0, 0.1) is 11.8 Å². The molecule has 0 radical (unpaired) electrons. The second kappa shape index (κ2) is 12.0. The van der Waals surface area contributed by atoms with Gasteiger partial charge >= 0.3 is 0 Å². The van der Waals surface area contributed by atoms with Gasteiger partial charge in [-0.25, -0.2) is 0 Å². The van der Waals surface area contributed by atoms with Crippen LogP contribution in [0.4, 0.5) is 17.6 Å². The van der Waals surface area contributed by atoms with Gasteiger partial charge in [-0.05, 0) is 68.1 Å². The quantitative estimate of drug-likeness (QED) is 0.444. The topological polar surface area (TPSA) is 56.3 Å². The number of hydrogen-bond donors (Lipinski definition) is 2. The monoisotopic (exact) mass is 520 g/mol. The van der Waals surface area contributed by atoms with Gasteiger partial charge in [0.2, 0.25) is 5.95 Å². The normalized spacial score (nSPS) is 23.9. The molecular weight excluding hydrogens is 476 g/mol. The Morgan fingerprint density at radius 1 is 0.892 bits per heavy atom. The number of piperidine rings is 2. The predicted octanol–water partition coefficient (Wildman–Crippen LogP) is 6.14. The molecule has 3 fully saturated rings. The standard InChI is InChI=1S/C30H44N6S/c1-23-11-9-17-35(20-23)26-19-27(36-18-10-12-24(2)21-36)33-28(32-26)34-29(37)31-22-30(15-7-4-8-16-30)25-13-5-3-6-14-25/h3,5-6,13-14,19,23-24H,4,7-12,15-18,20-22H2,1-2H3,(H2,31,32,33,34,37)/t23-,24+. The number of nitrogens with one attached hydrogen (secondary N) is 2. The Balaban J connectivity index is 1.33. The highest BCUT2D eigenvalue weighted by Crippen LogP contribution is 2.39. The van der Waals surface area contributed by atoms with E-state index in [1.165, 1.54) is 63.4 Å². The zero-order chi connectivity index (χ0) is 25.7. The minimum absolute atomic E-state index is 0.132. The minimum atomic E-state index is 0.132. The number of benzene rings is 1. The van der Waals surface area contributed by atoms with Crippen LogP contribution in [0.2, 0.25) is 0 Å². The summed E-state index contributed by atoms with van der Waals surface area (Å²) in [6, 6.07) is 13.2. The summed E-state index contributed by atoms with van der Waals surface area (Å²) in [7, 11) is 0. The summed E-state index contributed by atoms with van der Waals surface area (Å²) < 4.78 is 0. The van der Waals surface area contributed by atoms with Crippen LogP contribution < -0.4 is 20.4 Å². The molecule has 0 bridgehead atoms. The van der Waals surface area contributed by atoms with Gasteiger partial charge in [-0.15, -0.1) is 0 Å². The SMILES string of the molecule is C[C@@H]1CCCN(c2cc(N3CCC[C@H](C)C3)nc(NC(=S)NCC3(c4ccccc4)CCCCC3)n2)C1. The molecule has 37 heavy (non-hydrogen) atoms. The number of rotatable bonds is 6. The fourth-order valence-corrected chi connectivity index (χ4v) is 6.74. The Labute approximate surface area is 228 Å². The molecule has 200 valence electrons. The molecule has 1 aromatic carbocycles. The van der Waals surface area contributed by atoms with Crippen LogP contribution >= 0.6 is 12.2 Å². The summed E-state index contributed by atoms with van der Waals surface area (Å²) in [4.78, 5) is 14.8. The molecule has 2 saturated heterocycles. The molecule has 0 unspecified atom stereocenters. The highest BCUT2D eigenvalue weighted by molar-refractivity contribution is 7.80. The van der Waals surface area contributed by atoms with Crippen molar-refractivity contribution >= 4 is 34.9 Å². The van der Waals surface area contributed by atoms with E-state index in [0.29, 0.717) is 22.9 Å². The number of thiocarbonyl (C=S) groups is 1. The molecule has 1 saturated carbocycles. The van der Waals surface area contributed by atoms with Crippen molar-refractivity contribution in [2.24, 2.45) is 11.8 Å². The molecule has 0 spiro atoms. The first kappa shape index (κ1) is 26.2. The smallest absolute Gasteiger partial charge is 0.232 e. The molecule has 2 atom stereocenters. The predicted molar refractivity (Wildman–Crippen MR) is 159 cm³/mol. The van der Waals surface area contributed by atoms with Crippen LogP contribution in [0.1, 0.15) is 77.2 Å². The number of nitrogens with zero attached hydrogens (tertiary/aromatic N) is 4. The molecular formula is C30H44N6S. The largest absolute Gasteiger partial charge is 0.361 e. The van der Waals surface area contributed by atoms with E-state index in [1.54, 1.807) is 0 Å². The zero-order valence-electron chi connectivity index (χ0n) is 22.7. The summed E-state index contributed by atoms with van der Waals surface area (Å²) in [6.45, 7) is 9.73. The van der Waals surface area contributed by atoms with Gasteiger partial charge < -0.3 is 20.4 Å². The first-order chi connectivity index (χ1) is 18.0. The third-order valence-corrected chi connectivity index (χ3v) is 8.92. The van der Waals surface area contributed by atoms with Crippen molar-refractivity contribution in [1.29, 1.82) is 0 Å². The third kappa shape index (κ3) is 6.54. The van der Waals surface area contributed by atoms with E-state index >= 15 is 0 Å². The molecule has 6 nitrogen and oxygen atoms in total. The van der Waals surface area contributed by atoms with Crippen molar-refractivity contribution < 1.29 is 0 Å². The van der Waals surface area contributed by atoms with E-state index in [0.717, 1.165) is 44.4 Å². The average Bonchev–Trinajstić information content (AvgIpc) is 2.93. The fraction of sp³-hybridized carbons (Fsp3) is 0.633. The maximum Gasteiger partial charge on any atom is 0.232 e. The number of anilines is 3. The highest BCUT2D eigenvalue weighted by atomic mass is 32.1. The van der Waals surface area contributed by atoms with E-state index in [-0.39, 0.29) is 5.41 Å². The van der Waals surface area contributed by atoms with Gasteiger partial charge in [0.1, 0.15) is 11.6 Å². The maximum atomic E-state index is 5.81. The molecule has 2 aliphatic heterocycles. The molecule has 2 aromatic rings. The highest BCUT2D eigenvalue weighted by Gasteiger charge is 2.34. The van der Waals surface area contributed by atoms with Gasteiger partial charge in [-0.3, -0.25) is 0 Å². The second-order valence-corrected chi connectivity index (χ2v) is 12.2. The van der Waals surface area contributed by atoms with E-state index in [4.69, 9.17) is 22.2 Å². The van der Waals surface area contributed by atoms with E-state index < -0.39 is 0 Å². The zero-order valence-corrected chi connectivity index (χ0v) is 23.5. The summed E-state index contributed by atoms with van der Waals surface area (Å²) in [5.74, 6) is 4.03. The van der Waals surface area contributed by atoms with Gasteiger partial charge in [0.25, 0.3) is 0 Å². The van der Waals surface area contributed by atoms with Crippen molar-refractivity contribution in [2.45, 2.75) is 77.0 Å². The Bertz CT molecular complexity index is 997. The molecule has 3 aliphatic rings. The Morgan fingerprint density at radius 3 is 2.05 bits per heavy atom. The Kier molecular flexibility index (Phi) is 8.48. The summed E-state index contributed by atoms with van der Waals surface area (Å²) in [5, 5.41) is 7.56. The lowest BCUT2D eigenvalue weighted by molar-refractivity contribution is 0.292. The summed E-state index contributed by atoms with van der Waals surface area (Å²) in [5.41, 5.74) is 1.55. The van der Waals surface area contributed by atoms with Gasteiger partial charge in [0.15, 0.2) is 5.11 Å². The number of aromatic nitrogens is 2. The molecule has 0 amide bonds. The van der Waals surface area contributed by atoms with Crippen LogP contribution in [0.5, 0.6) is 0 Å². The first-order valence-corrected chi connectivity index (χ1v) is 14.9. The lowest BCUT2D eigenvalue weighted by atomic mass is 9.69. The van der Waals surface area contributed by atoms with Gasteiger partial charge in [0.05, 0.1) is 0 Å². The third-order valence-electron chi connectivity index (χ3n) is 8.67. The molecule has 2 N–H and O–H groups in total. The van der Waals surface area contributed by atoms with Crippen molar-refractivity contribution in [3.8, 4) is 0 Å². The van der Waals surface area contributed by atoms with Crippen molar-refractivity contribution in [3.63, 3.8) is 0 Å². The molecule has 1 aliphatic carbocycles. The Morgan fingerprint density at radius 2 is 1.49 bits per heavy atom. The van der Waals surface area contributed by atoms with Crippen LogP contribution in [-0.4, -0.2) is 47.8 Å². The molecule has 5 rings (SSSR count). The van der Waals surface area contributed by atoms with Crippen molar-refractivity contribution in [1.82, 2.24) is 15.3 Å².